The Hall–Kier alpha value is -1.99. The van der Waals surface area contributed by atoms with E-state index in [1.165, 1.54) is 50.3 Å². The van der Waals surface area contributed by atoms with Crippen LogP contribution in [0, 0.1) is 57.2 Å². The van der Waals surface area contributed by atoms with Crippen LogP contribution in [0.2, 0.25) is 0 Å². The molecule has 2 amide bonds. The third-order valence-corrected chi connectivity index (χ3v) is 8.51. The normalized spacial score (nSPS) is 36.9. The Labute approximate surface area is 176 Å². The zero-order valence-electron chi connectivity index (χ0n) is 17.1. The lowest BCUT2D eigenvalue weighted by Gasteiger charge is -2.56. The molecule has 0 spiro atoms. The number of nitrogens with zero attached hydrogens (tertiary/aromatic N) is 2. The molecule has 6 nitrogen and oxygen atoms in total. The molecular weight excluding hydrogens is 384 g/mol. The molecule has 0 saturated heterocycles. The number of nitrogens with one attached hydrogen (secondary N) is 2. The second-order valence-electron chi connectivity index (χ2n) is 10.1. The fourth-order valence-corrected chi connectivity index (χ4v) is 7.52. The number of thioether (sulfide) groups is 1. The van der Waals surface area contributed by atoms with Crippen LogP contribution in [0.3, 0.4) is 0 Å². The number of hydrogen-bond donors (Lipinski definition) is 2. The highest BCUT2D eigenvalue weighted by molar-refractivity contribution is 8.03. The van der Waals surface area contributed by atoms with E-state index < -0.39 is 17.2 Å². The largest absolute Gasteiger partial charge is 0.355 e. The van der Waals surface area contributed by atoms with Crippen molar-refractivity contribution < 1.29 is 9.59 Å². The highest BCUT2D eigenvalue weighted by Crippen LogP contribution is 2.59. The van der Waals surface area contributed by atoms with Gasteiger partial charge in [0.15, 0.2) is 0 Å². The molecule has 1 heterocycles. The van der Waals surface area contributed by atoms with Gasteiger partial charge in [0.2, 0.25) is 11.8 Å². The molecule has 4 bridgehead atoms. The van der Waals surface area contributed by atoms with Gasteiger partial charge in [-0.25, -0.2) is 0 Å². The highest BCUT2D eigenvalue weighted by Gasteiger charge is 2.50. The molecule has 0 aromatic carbocycles. The van der Waals surface area contributed by atoms with Crippen LogP contribution in [0.4, 0.5) is 0 Å². The van der Waals surface area contributed by atoms with E-state index in [0.717, 1.165) is 24.3 Å². The van der Waals surface area contributed by atoms with Crippen molar-refractivity contribution in [2.24, 2.45) is 34.5 Å². The molecule has 0 radical (unpaired) electrons. The van der Waals surface area contributed by atoms with Crippen molar-refractivity contribution in [1.82, 2.24) is 10.6 Å². The van der Waals surface area contributed by atoms with Crippen LogP contribution in [0.5, 0.6) is 0 Å². The molecule has 4 saturated carbocycles. The van der Waals surface area contributed by atoms with Gasteiger partial charge in [-0.15, -0.1) is 0 Å². The number of hydrogen-bond acceptors (Lipinski definition) is 5. The minimum atomic E-state index is -0.911. The lowest BCUT2D eigenvalue weighted by atomic mass is 9.49. The predicted molar refractivity (Wildman–Crippen MR) is 110 cm³/mol. The molecule has 4 aliphatic carbocycles. The molecule has 1 aliphatic heterocycles. The second kappa shape index (κ2) is 7.36. The third kappa shape index (κ3) is 3.66. The van der Waals surface area contributed by atoms with E-state index in [4.69, 9.17) is 0 Å². The Morgan fingerprint density at radius 2 is 1.76 bits per heavy atom. The molecule has 0 aromatic heterocycles. The Morgan fingerprint density at radius 3 is 2.28 bits per heavy atom. The van der Waals surface area contributed by atoms with E-state index in [-0.39, 0.29) is 17.1 Å². The van der Waals surface area contributed by atoms with Gasteiger partial charge in [0, 0.05) is 12.0 Å². The van der Waals surface area contributed by atoms with Crippen LogP contribution in [0.15, 0.2) is 10.6 Å². The SMILES string of the molecule is CC1(C)C(C#N)=C(SCC(=O)NCC23CC4CC(CC(C4)C2)C3)NC(=O)[C@@H]1C#N. The summed E-state index contributed by atoms with van der Waals surface area (Å²) in [6.45, 7) is 4.20. The van der Waals surface area contributed by atoms with Gasteiger partial charge >= 0.3 is 0 Å². The van der Waals surface area contributed by atoms with Crippen molar-refractivity contribution in [3.8, 4) is 12.1 Å². The van der Waals surface area contributed by atoms with Gasteiger partial charge in [-0.3, -0.25) is 9.59 Å². The van der Waals surface area contributed by atoms with Gasteiger partial charge in [-0.05, 0) is 61.7 Å². The molecule has 2 N–H and O–H groups in total. The lowest BCUT2D eigenvalue weighted by Crippen LogP contribution is -2.51. The van der Waals surface area contributed by atoms with Crippen LogP contribution in [0.25, 0.3) is 0 Å². The smallest absolute Gasteiger partial charge is 0.243 e. The maximum absolute atomic E-state index is 12.5. The Kier molecular flexibility index (Phi) is 5.15. The summed E-state index contributed by atoms with van der Waals surface area (Å²) < 4.78 is 0. The third-order valence-electron chi connectivity index (χ3n) is 7.51. The zero-order valence-corrected chi connectivity index (χ0v) is 17.9. The summed E-state index contributed by atoms with van der Waals surface area (Å²) in [5.74, 6) is 1.32. The molecular formula is C22H28N4O2S. The zero-order chi connectivity index (χ0) is 20.8. The first-order chi connectivity index (χ1) is 13.8. The highest BCUT2D eigenvalue weighted by atomic mass is 32.2. The van der Waals surface area contributed by atoms with Crippen molar-refractivity contribution in [2.75, 3.05) is 12.3 Å². The summed E-state index contributed by atoms with van der Waals surface area (Å²) in [6, 6.07) is 4.13. The molecule has 1 atom stereocenters. The van der Waals surface area contributed by atoms with E-state index >= 15 is 0 Å². The fraction of sp³-hybridized carbons (Fsp3) is 0.727. The van der Waals surface area contributed by atoms with Crippen LogP contribution in [-0.4, -0.2) is 24.1 Å². The lowest BCUT2D eigenvalue weighted by molar-refractivity contribution is -0.125. The quantitative estimate of drug-likeness (QED) is 0.722. The Balaban J connectivity index is 1.36. The first-order valence-electron chi connectivity index (χ1n) is 10.5. The van der Waals surface area contributed by atoms with Crippen LogP contribution in [0.1, 0.15) is 52.4 Å². The van der Waals surface area contributed by atoms with Crippen LogP contribution >= 0.6 is 11.8 Å². The second-order valence-corrected chi connectivity index (χ2v) is 11.1. The predicted octanol–water partition coefficient (Wildman–Crippen LogP) is 3.08. The van der Waals surface area contributed by atoms with Gasteiger partial charge in [-0.1, -0.05) is 25.6 Å². The van der Waals surface area contributed by atoms with E-state index in [9.17, 15) is 20.1 Å². The fourth-order valence-electron chi connectivity index (χ4n) is 6.52. The first kappa shape index (κ1) is 20.3. The van der Waals surface area contributed by atoms with Crippen molar-refractivity contribution >= 4 is 23.6 Å². The van der Waals surface area contributed by atoms with Gasteiger partial charge in [-0.2, -0.15) is 10.5 Å². The number of rotatable bonds is 5. The van der Waals surface area contributed by atoms with Crippen molar-refractivity contribution in [3.63, 3.8) is 0 Å². The van der Waals surface area contributed by atoms with Gasteiger partial charge in [0.1, 0.15) is 5.92 Å². The minimum Gasteiger partial charge on any atom is -0.355 e. The molecule has 5 aliphatic rings. The maximum Gasteiger partial charge on any atom is 0.243 e. The van der Waals surface area contributed by atoms with Crippen LogP contribution in [-0.2, 0) is 9.59 Å². The Morgan fingerprint density at radius 1 is 1.17 bits per heavy atom. The first-order valence-corrected chi connectivity index (χ1v) is 11.5. The maximum atomic E-state index is 12.5. The topological polar surface area (TPSA) is 106 Å². The molecule has 7 heteroatoms. The van der Waals surface area contributed by atoms with E-state index in [2.05, 4.69) is 16.7 Å². The minimum absolute atomic E-state index is 0.0648. The summed E-state index contributed by atoms with van der Waals surface area (Å²) in [6.07, 6.45) is 7.88. The summed E-state index contributed by atoms with van der Waals surface area (Å²) in [4.78, 5) is 24.8. The molecule has 154 valence electrons. The summed E-state index contributed by atoms with van der Waals surface area (Å²) in [7, 11) is 0. The van der Waals surface area contributed by atoms with E-state index in [1.807, 2.05) is 6.07 Å². The average molecular weight is 413 g/mol. The molecule has 0 unspecified atom stereocenters. The number of carbonyl (C=O) groups excluding carboxylic acids is 2. The molecule has 5 rings (SSSR count). The number of nitriles is 2. The molecule has 29 heavy (non-hydrogen) atoms. The summed E-state index contributed by atoms with van der Waals surface area (Å²) in [5, 5.41) is 25.1. The van der Waals surface area contributed by atoms with Crippen molar-refractivity contribution in [3.05, 3.63) is 10.6 Å². The van der Waals surface area contributed by atoms with E-state index in [0.29, 0.717) is 10.6 Å². The van der Waals surface area contributed by atoms with Gasteiger partial charge < -0.3 is 10.6 Å². The van der Waals surface area contributed by atoms with E-state index in [1.54, 1.807) is 13.8 Å². The Bertz CT molecular complexity index is 813. The standard InChI is InChI=1S/C22H28N4O2S/c1-21(2)16(9-23)19(28)26-20(17(21)10-24)29-11-18(27)25-12-22-6-13-3-14(7-22)5-15(4-13)8-22/h13-16H,3-8,11-12H2,1-2H3,(H,25,27)(H,26,28)/t13?,14?,15?,16-,22?/m0/s1. The monoisotopic (exact) mass is 412 g/mol. The number of allylic oxidation sites excluding steroid dienone is 1. The molecule has 0 aromatic rings. The van der Waals surface area contributed by atoms with Gasteiger partial charge in [0.25, 0.3) is 0 Å². The summed E-state index contributed by atoms with van der Waals surface area (Å²) in [5.41, 5.74) is -0.223. The average Bonchev–Trinajstić information content (AvgIpc) is 2.63. The molecule has 4 fully saturated rings. The van der Waals surface area contributed by atoms with Crippen LogP contribution < -0.4 is 10.6 Å². The van der Waals surface area contributed by atoms with Crippen molar-refractivity contribution in [2.45, 2.75) is 52.4 Å². The van der Waals surface area contributed by atoms with Crippen molar-refractivity contribution in [1.29, 1.82) is 10.5 Å². The van der Waals surface area contributed by atoms with Gasteiger partial charge in [0.05, 0.1) is 28.5 Å². The number of carbonyl (C=O) groups is 2. The number of amides is 2. The summed E-state index contributed by atoms with van der Waals surface area (Å²) >= 11 is 1.18.